The summed E-state index contributed by atoms with van der Waals surface area (Å²) in [6.45, 7) is 3.09. The standard InChI is InChI=1S/C13H19NO2S/c1-10-8-13(17(2,15)16)6-5-11(10)9-12-4-3-7-14-12/h5-6,8,12,14H,3-4,7,9H2,1-2H3. The maximum Gasteiger partial charge on any atom is 0.175 e. The summed E-state index contributed by atoms with van der Waals surface area (Å²) in [5, 5.41) is 3.46. The molecule has 0 bridgehead atoms. The van der Waals surface area contributed by atoms with Crippen LogP contribution in [0.4, 0.5) is 0 Å². The Morgan fingerprint density at radius 1 is 1.41 bits per heavy atom. The average Bonchev–Trinajstić information content (AvgIpc) is 2.72. The second-order valence-electron chi connectivity index (χ2n) is 4.86. The molecule has 1 aliphatic heterocycles. The van der Waals surface area contributed by atoms with Gasteiger partial charge in [-0.25, -0.2) is 8.42 Å². The molecule has 0 aromatic heterocycles. The van der Waals surface area contributed by atoms with Crippen LogP contribution in [0.1, 0.15) is 24.0 Å². The zero-order valence-corrected chi connectivity index (χ0v) is 11.2. The molecule has 17 heavy (non-hydrogen) atoms. The summed E-state index contributed by atoms with van der Waals surface area (Å²) in [7, 11) is -3.08. The van der Waals surface area contributed by atoms with Crippen molar-refractivity contribution in [2.24, 2.45) is 0 Å². The number of hydrogen-bond acceptors (Lipinski definition) is 3. The smallest absolute Gasteiger partial charge is 0.175 e. The van der Waals surface area contributed by atoms with Crippen LogP contribution in [-0.4, -0.2) is 27.3 Å². The van der Waals surface area contributed by atoms with Crippen LogP contribution in [0.2, 0.25) is 0 Å². The fourth-order valence-corrected chi connectivity index (χ4v) is 3.03. The molecule has 0 aliphatic carbocycles. The Morgan fingerprint density at radius 2 is 2.18 bits per heavy atom. The highest BCUT2D eigenvalue weighted by Crippen LogP contribution is 2.19. The molecule has 1 N–H and O–H groups in total. The minimum atomic E-state index is -3.08. The number of benzene rings is 1. The van der Waals surface area contributed by atoms with E-state index in [1.807, 2.05) is 13.0 Å². The summed E-state index contributed by atoms with van der Waals surface area (Å²) in [5.74, 6) is 0. The van der Waals surface area contributed by atoms with E-state index in [0.29, 0.717) is 10.9 Å². The molecule has 0 saturated carbocycles. The zero-order chi connectivity index (χ0) is 12.5. The second kappa shape index (κ2) is 4.78. The van der Waals surface area contributed by atoms with Gasteiger partial charge in [0.25, 0.3) is 0 Å². The molecule has 0 spiro atoms. The molecule has 1 aliphatic rings. The highest BCUT2D eigenvalue weighted by molar-refractivity contribution is 7.90. The molecule has 4 heteroatoms. The summed E-state index contributed by atoms with van der Waals surface area (Å²) in [5.41, 5.74) is 2.32. The monoisotopic (exact) mass is 253 g/mol. The second-order valence-corrected chi connectivity index (χ2v) is 6.87. The van der Waals surface area contributed by atoms with E-state index in [-0.39, 0.29) is 0 Å². The molecule has 1 atom stereocenters. The third-order valence-electron chi connectivity index (χ3n) is 3.37. The Balaban J connectivity index is 2.19. The molecule has 0 radical (unpaired) electrons. The first-order chi connectivity index (χ1) is 7.97. The quantitative estimate of drug-likeness (QED) is 0.891. The average molecular weight is 253 g/mol. The summed E-state index contributed by atoms with van der Waals surface area (Å²) in [6.07, 6.45) is 4.70. The molecule has 1 saturated heterocycles. The van der Waals surface area contributed by atoms with Crippen molar-refractivity contribution in [1.82, 2.24) is 5.32 Å². The maximum atomic E-state index is 11.4. The first-order valence-electron chi connectivity index (χ1n) is 6.00. The van der Waals surface area contributed by atoms with Crippen molar-refractivity contribution < 1.29 is 8.42 Å². The molecule has 1 heterocycles. The van der Waals surface area contributed by atoms with Crippen molar-refractivity contribution in [2.45, 2.75) is 37.1 Å². The van der Waals surface area contributed by atoms with Crippen molar-refractivity contribution in [3.63, 3.8) is 0 Å². The SMILES string of the molecule is Cc1cc(S(C)(=O)=O)ccc1CC1CCCN1. The lowest BCUT2D eigenvalue weighted by molar-refractivity contribution is 0.598. The van der Waals surface area contributed by atoms with Gasteiger partial charge in [0, 0.05) is 12.3 Å². The van der Waals surface area contributed by atoms with Gasteiger partial charge in [-0.2, -0.15) is 0 Å². The molecule has 94 valence electrons. The van der Waals surface area contributed by atoms with Gasteiger partial charge < -0.3 is 5.32 Å². The lowest BCUT2D eigenvalue weighted by atomic mass is 10.0. The maximum absolute atomic E-state index is 11.4. The molecule has 3 nitrogen and oxygen atoms in total. The van der Waals surface area contributed by atoms with Crippen LogP contribution >= 0.6 is 0 Å². The van der Waals surface area contributed by atoms with Crippen molar-refractivity contribution >= 4 is 9.84 Å². The highest BCUT2D eigenvalue weighted by atomic mass is 32.2. The number of nitrogens with one attached hydrogen (secondary N) is 1. The van der Waals surface area contributed by atoms with Crippen LogP contribution in [0.5, 0.6) is 0 Å². The van der Waals surface area contributed by atoms with Gasteiger partial charge in [-0.15, -0.1) is 0 Å². The first kappa shape index (κ1) is 12.6. The molecular formula is C13H19NO2S. The summed E-state index contributed by atoms with van der Waals surface area (Å²) in [6, 6.07) is 6.00. The van der Waals surface area contributed by atoms with E-state index in [1.165, 1.54) is 24.7 Å². The Hall–Kier alpha value is -0.870. The van der Waals surface area contributed by atoms with Crippen molar-refractivity contribution in [2.75, 3.05) is 12.8 Å². The Labute approximate surface area is 103 Å². The number of rotatable bonds is 3. The van der Waals surface area contributed by atoms with Crippen LogP contribution in [0, 0.1) is 6.92 Å². The van der Waals surface area contributed by atoms with E-state index < -0.39 is 9.84 Å². The molecule has 1 unspecified atom stereocenters. The van der Waals surface area contributed by atoms with Crippen LogP contribution in [-0.2, 0) is 16.3 Å². The molecule has 2 rings (SSSR count). The van der Waals surface area contributed by atoms with Crippen molar-refractivity contribution in [1.29, 1.82) is 0 Å². The normalized spacial score (nSPS) is 20.7. The number of hydrogen-bond donors (Lipinski definition) is 1. The van der Waals surface area contributed by atoms with Crippen molar-refractivity contribution in [3.05, 3.63) is 29.3 Å². The van der Waals surface area contributed by atoms with E-state index in [9.17, 15) is 8.42 Å². The van der Waals surface area contributed by atoms with Gasteiger partial charge in [0.05, 0.1) is 4.90 Å². The summed E-state index contributed by atoms with van der Waals surface area (Å²) in [4.78, 5) is 0.415. The lowest BCUT2D eigenvalue weighted by Crippen LogP contribution is -2.24. The van der Waals surface area contributed by atoms with E-state index in [4.69, 9.17) is 0 Å². The van der Waals surface area contributed by atoms with E-state index in [2.05, 4.69) is 5.32 Å². The molecule has 0 amide bonds. The molecular weight excluding hydrogens is 234 g/mol. The summed E-state index contributed by atoms with van der Waals surface area (Å²) < 4.78 is 22.9. The highest BCUT2D eigenvalue weighted by Gasteiger charge is 2.16. The Kier molecular flexibility index (Phi) is 3.54. The van der Waals surface area contributed by atoms with Gasteiger partial charge in [0.2, 0.25) is 0 Å². The van der Waals surface area contributed by atoms with Gasteiger partial charge >= 0.3 is 0 Å². The number of sulfone groups is 1. The minimum absolute atomic E-state index is 0.415. The first-order valence-corrected chi connectivity index (χ1v) is 7.89. The largest absolute Gasteiger partial charge is 0.314 e. The Bertz CT molecular complexity index is 502. The lowest BCUT2D eigenvalue weighted by Gasteiger charge is -2.13. The van der Waals surface area contributed by atoms with Gasteiger partial charge in [-0.1, -0.05) is 6.07 Å². The molecule has 1 fully saturated rings. The van der Waals surface area contributed by atoms with E-state index in [0.717, 1.165) is 18.5 Å². The van der Waals surface area contributed by atoms with Crippen LogP contribution in [0.25, 0.3) is 0 Å². The predicted molar refractivity (Wildman–Crippen MR) is 69.0 cm³/mol. The fraction of sp³-hybridized carbons (Fsp3) is 0.538. The molecule has 1 aromatic rings. The summed E-state index contributed by atoms with van der Waals surface area (Å²) >= 11 is 0. The topological polar surface area (TPSA) is 46.2 Å². The van der Waals surface area contributed by atoms with Gasteiger partial charge in [-0.05, 0) is 56.0 Å². The predicted octanol–water partition coefficient (Wildman–Crippen LogP) is 1.69. The van der Waals surface area contributed by atoms with Crippen LogP contribution in [0.15, 0.2) is 23.1 Å². The zero-order valence-electron chi connectivity index (χ0n) is 10.4. The molecule has 1 aromatic carbocycles. The van der Waals surface area contributed by atoms with E-state index in [1.54, 1.807) is 12.1 Å². The fourth-order valence-electron chi connectivity index (χ4n) is 2.32. The minimum Gasteiger partial charge on any atom is -0.314 e. The van der Waals surface area contributed by atoms with E-state index >= 15 is 0 Å². The third-order valence-corrected chi connectivity index (χ3v) is 4.48. The van der Waals surface area contributed by atoms with Crippen molar-refractivity contribution in [3.8, 4) is 0 Å². The number of aryl methyl sites for hydroxylation is 1. The van der Waals surface area contributed by atoms with Crippen LogP contribution < -0.4 is 5.32 Å². The van der Waals surface area contributed by atoms with Crippen LogP contribution in [0.3, 0.4) is 0 Å². The Morgan fingerprint density at radius 3 is 2.71 bits per heavy atom. The van der Waals surface area contributed by atoms with Gasteiger partial charge in [-0.3, -0.25) is 0 Å². The van der Waals surface area contributed by atoms with Gasteiger partial charge in [0.15, 0.2) is 9.84 Å². The third kappa shape index (κ3) is 3.07. The van der Waals surface area contributed by atoms with Gasteiger partial charge in [0.1, 0.15) is 0 Å².